The highest BCUT2D eigenvalue weighted by Gasteiger charge is 2.15. The predicted octanol–water partition coefficient (Wildman–Crippen LogP) is 3.69. The molecule has 0 spiro atoms. The van der Waals surface area contributed by atoms with Crippen LogP contribution in [0.25, 0.3) is 0 Å². The minimum absolute atomic E-state index is 0.128. The molecular formula is C29H33N7O. The molecule has 190 valence electrons. The van der Waals surface area contributed by atoms with E-state index in [1.807, 2.05) is 61.7 Å². The molecule has 1 fully saturated rings. The lowest BCUT2D eigenvalue weighted by Gasteiger charge is -2.32. The number of hydrogen-bond acceptors (Lipinski definition) is 7. The van der Waals surface area contributed by atoms with E-state index in [1.54, 1.807) is 12.4 Å². The summed E-state index contributed by atoms with van der Waals surface area (Å²) in [6, 6.07) is 17.6. The fraction of sp³-hybridized carbons (Fsp3) is 0.276. The molecular weight excluding hydrogens is 462 g/mol. The van der Waals surface area contributed by atoms with Gasteiger partial charge < -0.3 is 20.9 Å². The Morgan fingerprint density at radius 2 is 1.89 bits per heavy atom. The van der Waals surface area contributed by atoms with Gasteiger partial charge in [-0.25, -0.2) is 4.99 Å². The largest absolute Gasteiger partial charge is 0.353 e. The summed E-state index contributed by atoms with van der Waals surface area (Å²) in [6.07, 6.45) is 7.01. The molecule has 37 heavy (non-hydrogen) atoms. The van der Waals surface area contributed by atoms with Crippen LogP contribution in [0.15, 0.2) is 84.3 Å². The zero-order valence-electron chi connectivity index (χ0n) is 21.3. The first-order chi connectivity index (χ1) is 18.0. The van der Waals surface area contributed by atoms with E-state index in [2.05, 4.69) is 49.9 Å². The summed E-state index contributed by atoms with van der Waals surface area (Å²) in [5, 5.41) is 9.68. The van der Waals surface area contributed by atoms with E-state index in [0.29, 0.717) is 5.56 Å². The fourth-order valence-electron chi connectivity index (χ4n) is 4.43. The Hall–Kier alpha value is -4.01. The van der Waals surface area contributed by atoms with Crippen LogP contribution in [0.5, 0.6) is 0 Å². The number of anilines is 2. The number of aliphatic imine (C=N–C) groups is 1. The maximum atomic E-state index is 12.9. The summed E-state index contributed by atoms with van der Waals surface area (Å²) in [7, 11) is 2.16. The van der Waals surface area contributed by atoms with Crippen molar-refractivity contribution in [1.29, 1.82) is 0 Å². The normalized spacial score (nSPS) is 18.1. The van der Waals surface area contributed by atoms with Gasteiger partial charge >= 0.3 is 0 Å². The van der Waals surface area contributed by atoms with Gasteiger partial charge in [-0.2, -0.15) is 0 Å². The molecule has 3 N–H and O–H groups in total. The first kappa shape index (κ1) is 24.7. The van der Waals surface area contributed by atoms with Crippen molar-refractivity contribution < 1.29 is 4.79 Å². The molecule has 5 rings (SSSR count). The lowest BCUT2D eigenvalue weighted by Crippen LogP contribution is -2.43. The number of aryl methyl sites for hydroxylation is 1. The molecule has 1 atom stereocenters. The summed E-state index contributed by atoms with van der Waals surface area (Å²) >= 11 is 0. The number of benzene rings is 2. The average molecular weight is 496 g/mol. The van der Waals surface area contributed by atoms with E-state index >= 15 is 0 Å². The van der Waals surface area contributed by atoms with Gasteiger partial charge in [0.1, 0.15) is 0 Å². The maximum Gasteiger partial charge on any atom is 0.255 e. The van der Waals surface area contributed by atoms with Crippen LogP contribution in [0.4, 0.5) is 11.4 Å². The second-order valence-corrected chi connectivity index (χ2v) is 9.56. The van der Waals surface area contributed by atoms with Crippen LogP contribution in [0, 0.1) is 6.92 Å². The third kappa shape index (κ3) is 6.41. The number of piperazine rings is 1. The number of hydrogen-bond donors (Lipinski definition) is 3. The lowest BCUT2D eigenvalue weighted by molar-refractivity contribution is 0.102. The van der Waals surface area contributed by atoms with E-state index < -0.39 is 0 Å². The predicted molar refractivity (Wildman–Crippen MR) is 149 cm³/mol. The van der Waals surface area contributed by atoms with Crippen LogP contribution in [-0.4, -0.2) is 65.9 Å². The van der Waals surface area contributed by atoms with Gasteiger partial charge in [0.05, 0.1) is 5.71 Å². The molecule has 1 saturated heterocycles. The number of amides is 1. The lowest BCUT2D eigenvalue weighted by atomic mass is 10.1. The fourth-order valence-corrected chi connectivity index (χ4v) is 4.43. The van der Waals surface area contributed by atoms with Crippen LogP contribution >= 0.6 is 0 Å². The molecule has 2 aromatic carbocycles. The first-order valence-electron chi connectivity index (χ1n) is 12.6. The van der Waals surface area contributed by atoms with Crippen molar-refractivity contribution in [3.05, 3.63) is 102 Å². The second kappa shape index (κ2) is 11.4. The van der Waals surface area contributed by atoms with Crippen LogP contribution in [0.3, 0.4) is 0 Å². The zero-order valence-corrected chi connectivity index (χ0v) is 21.3. The number of aromatic nitrogens is 1. The first-order valence-corrected chi connectivity index (χ1v) is 12.6. The zero-order chi connectivity index (χ0) is 25.6. The SMILES string of the molecule is Cc1ccc(NC(=O)c2ccc(CN3CCN(C)CC3)cc2)cc1NC1N=C(c2cccnc2)C=CN1. The molecule has 3 aromatic rings. The van der Waals surface area contributed by atoms with Crippen LogP contribution in [0.2, 0.25) is 0 Å². The number of likely N-dealkylation sites (N-methyl/N-ethyl adjacent to an activating group) is 1. The highest BCUT2D eigenvalue weighted by Crippen LogP contribution is 2.22. The smallest absolute Gasteiger partial charge is 0.255 e. The molecule has 0 radical (unpaired) electrons. The van der Waals surface area contributed by atoms with Gasteiger partial charge in [0.2, 0.25) is 0 Å². The van der Waals surface area contributed by atoms with Gasteiger partial charge in [-0.05, 0) is 67.6 Å². The quantitative estimate of drug-likeness (QED) is 0.464. The van der Waals surface area contributed by atoms with Gasteiger partial charge in [-0.15, -0.1) is 0 Å². The number of nitrogens with one attached hydrogen (secondary N) is 3. The highest BCUT2D eigenvalue weighted by molar-refractivity contribution is 6.09. The van der Waals surface area contributed by atoms with Gasteiger partial charge in [0.25, 0.3) is 5.91 Å². The molecule has 1 unspecified atom stereocenters. The number of rotatable bonds is 7. The minimum Gasteiger partial charge on any atom is -0.353 e. The number of carbonyl (C=O) groups excluding carboxylic acids is 1. The molecule has 0 saturated carbocycles. The number of allylic oxidation sites excluding steroid dienone is 1. The molecule has 1 amide bonds. The molecule has 0 bridgehead atoms. The molecule has 3 heterocycles. The summed E-state index contributed by atoms with van der Waals surface area (Å²) in [5.74, 6) is -0.128. The molecule has 2 aliphatic rings. The summed E-state index contributed by atoms with van der Waals surface area (Å²) in [6.45, 7) is 7.28. The van der Waals surface area contributed by atoms with Gasteiger partial charge in [-0.3, -0.25) is 14.7 Å². The topological polar surface area (TPSA) is 84.9 Å². The van der Waals surface area contributed by atoms with Crippen LogP contribution in [0.1, 0.15) is 27.0 Å². The highest BCUT2D eigenvalue weighted by atomic mass is 16.1. The van der Waals surface area contributed by atoms with E-state index in [1.165, 1.54) is 5.56 Å². The Kier molecular flexibility index (Phi) is 7.58. The van der Waals surface area contributed by atoms with Gasteiger partial charge in [-0.1, -0.05) is 18.2 Å². The van der Waals surface area contributed by atoms with Crippen LogP contribution < -0.4 is 16.0 Å². The molecule has 0 aliphatic carbocycles. The molecule has 1 aromatic heterocycles. The number of pyridine rings is 1. The Bertz CT molecular complexity index is 1280. The van der Waals surface area contributed by atoms with Crippen molar-refractivity contribution in [2.24, 2.45) is 4.99 Å². The standard InChI is InChI=1S/C29H33N7O/c1-21-5-10-25(18-27(21)34-29-31-13-11-26(33-29)24-4-3-12-30-19-24)32-28(37)23-8-6-22(7-9-23)20-36-16-14-35(2)15-17-36/h3-13,18-19,29,31,34H,14-17,20H2,1-2H3,(H,32,37). The third-order valence-electron chi connectivity index (χ3n) is 6.73. The van der Waals surface area contributed by atoms with Crippen molar-refractivity contribution in [3.63, 3.8) is 0 Å². The Morgan fingerprint density at radius 1 is 1.08 bits per heavy atom. The molecule has 2 aliphatic heterocycles. The Balaban J connectivity index is 1.21. The summed E-state index contributed by atoms with van der Waals surface area (Å²) in [5.41, 5.74) is 6.35. The van der Waals surface area contributed by atoms with Crippen molar-refractivity contribution >= 4 is 23.0 Å². The molecule has 8 nitrogen and oxygen atoms in total. The van der Waals surface area contributed by atoms with Gasteiger partial charge in [0.15, 0.2) is 6.29 Å². The van der Waals surface area contributed by atoms with Crippen molar-refractivity contribution in [1.82, 2.24) is 20.1 Å². The van der Waals surface area contributed by atoms with Crippen molar-refractivity contribution in [2.75, 3.05) is 43.9 Å². The number of carbonyl (C=O) groups is 1. The number of nitrogens with zero attached hydrogens (tertiary/aromatic N) is 4. The third-order valence-corrected chi connectivity index (χ3v) is 6.73. The van der Waals surface area contributed by atoms with Crippen LogP contribution in [-0.2, 0) is 6.54 Å². The van der Waals surface area contributed by atoms with E-state index in [4.69, 9.17) is 4.99 Å². The van der Waals surface area contributed by atoms with E-state index in [9.17, 15) is 4.79 Å². The van der Waals surface area contributed by atoms with Crippen molar-refractivity contribution in [3.8, 4) is 0 Å². The maximum absolute atomic E-state index is 12.9. The Morgan fingerprint density at radius 3 is 2.65 bits per heavy atom. The van der Waals surface area contributed by atoms with E-state index in [-0.39, 0.29) is 12.2 Å². The molecule has 8 heteroatoms. The van der Waals surface area contributed by atoms with Gasteiger partial charge in [0, 0.05) is 73.8 Å². The monoisotopic (exact) mass is 495 g/mol. The van der Waals surface area contributed by atoms with E-state index in [0.717, 1.165) is 60.9 Å². The second-order valence-electron chi connectivity index (χ2n) is 9.56. The summed E-state index contributed by atoms with van der Waals surface area (Å²) in [4.78, 5) is 26.7. The summed E-state index contributed by atoms with van der Waals surface area (Å²) < 4.78 is 0. The van der Waals surface area contributed by atoms with Crippen molar-refractivity contribution in [2.45, 2.75) is 19.8 Å². The Labute approximate surface area is 218 Å². The minimum atomic E-state index is -0.335. The average Bonchev–Trinajstić information content (AvgIpc) is 2.93.